The summed E-state index contributed by atoms with van der Waals surface area (Å²) in [7, 11) is 3.05. The summed E-state index contributed by atoms with van der Waals surface area (Å²) < 4.78 is 4.55. The number of nitrogens with zero attached hydrogens (tertiary/aromatic N) is 2. The van der Waals surface area contributed by atoms with Crippen molar-refractivity contribution in [1.82, 2.24) is 5.01 Å². The lowest BCUT2D eigenvalue weighted by Gasteiger charge is -2.16. The SMILES string of the molecule is C=C1C=NN(C)C1C(=O)OC. The van der Waals surface area contributed by atoms with Gasteiger partial charge in [-0.3, -0.25) is 5.01 Å². The van der Waals surface area contributed by atoms with Gasteiger partial charge in [-0.25, -0.2) is 4.79 Å². The van der Waals surface area contributed by atoms with Gasteiger partial charge in [0.25, 0.3) is 0 Å². The van der Waals surface area contributed by atoms with E-state index in [0.29, 0.717) is 5.57 Å². The molecule has 1 aliphatic rings. The van der Waals surface area contributed by atoms with E-state index in [1.807, 2.05) is 0 Å². The average Bonchev–Trinajstić information content (AvgIpc) is 2.30. The number of ether oxygens (including phenoxy) is 1. The Kier molecular flexibility index (Phi) is 1.94. The molecule has 0 saturated carbocycles. The first-order valence-corrected chi connectivity index (χ1v) is 3.20. The van der Waals surface area contributed by atoms with Crippen molar-refractivity contribution < 1.29 is 9.53 Å². The molecule has 60 valence electrons. The Balaban J connectivity index is 2.73. The van der Waals surface area contributed by atoms with Crippen LogP contribution in [0.2, 0.25) is 0 Å². The standard InChI is InChI=1S/C7H10N2O2/c1-5-4-8-9(2)6(5)7(10)11-3/h4,6H,1H2,2-3H3. The second-order valence-corrected chi connectivity index (χ2v) is 2.32. The number of rotatable bonds is 1. The highest BCUT2D eigenvalue weighted by Gasteiger charge is 2.29. The van der Waals surface area contributed by atoms with Crippen LogP contribution in [-0.2, 0) is 9.53 Å². The molecule has 1 heterocycles. The minimum absolute atomic E-state index is 0.324. The molecule has 0 amide bonds. The first-order valence-electron chi connectivity index (χ1n) is 3.20. The van der Waals surface area contributed by atoms with Crippen molar-refractivity contribution in [3.8, 4) is 0 Å². The van der Waals surface area contributed by atoms with Gasteiger partial charge in [-0.2, -0.15) is 5.10 Å². The zero-order chi connectivity index (χ0) is 8.43. The maximum absolute atomic E-state index is 11.0. The zero-order valence-electron chi connectivity index (χ0n) is 6.57. The van der Waals surface area contributed by atoms with Crippen molar-refractivity contribution in [3.05, 3.63) is 12.2 Å². The first-order chi connectivity index (χ1) is 5.16. The predicted octanol–water partition coefficient (Wildman–Crippen LogP) is 0.0154. The lowest BCUT2D eigenvalue weighted by molar-refractivity contribution is -0.144. The summed E-state index contributed by atoms with van der Waals surface area (Å²) in [5, 5.41) is 5.40. The van der Waals surface area contributed by atoms with Crippen molar-refractivity contribution in [2.24, 2.45) is 5.10 Å². The molecule has 0 fully saturated rings. The van der Waals surface area contributed by atoms with E-state index in [4.69, 9.17) is 0 Å². The summed E-state index contributed by atoms with van der Waals surface area (Å²) in [6, 6.07) is -0.431. The monoisotopic (exact) mass is 154 g/mol. The number of methoxy groups -OCH3 is 1. The lowest BCUT2D eigenvalue weighted by Crippen LogP contribution is -2.33. The van der Waals surface area contributed by atoms with E-state index < -0.39 is 6.04 Å². The van der Waals surface area contributed by atoms with Crippen LogP contribution in [0.25, 0.3) is 0 Å². The highest BCUT2D eigenvalue weighted by Crippen LogP contribution is 2.13. The van der Waals surface area contributed by atoms with Crippen LogP contribution >= 0.6 is 0 Å². The van der Waals surface area contributed by atoms with Gasteiger partial charge in [-0.1, -0.05) is 6.58 Å². The summed E-state index contributed by atoms with van der Waals surface area (Å²) in [5.41, 5.74) is 0.666. The molecule has 0 spiro atoms. The number of carbonyl (C=O) groups is 1. The van der Waals surface area contributed by atoms with Crippen LogP contribution in [0.5, 0.6) is 0 Å². The molecule has 0 aromatic carbocycles. The van der Waals surface area contributed by atoms with Gasteiger partial charge in [-0.15, -0.1) is 0 Å². The van der Waals surface area contributed by atoms with Crippen LogP contribution in [-0.4, -0.2) is 37.4 Å². The fraction of sp³-hybridized carbons (Fsp3) is 0.429. The molecule has 0 N–H and O–H groups in total. The van der Waals surface area contributed by atoms with Gasteiger partial charge in [-0.05, 0) is 0 Å². The summed E-state index contributed by atoms with van der Waals surface area (Å²) in [4.78, 5) is 11.0. The Morgan fingerprint density at radius 1 is 1.91 bits per heavy atom. The average molecular weight is 154 g/mol. The third kappa shape index (κ3) is 1.24. The quantitative estimate of drug-likeness (QED) is 0.500. The molecular formula is C7H10N2O2. The maximum atomic E-state index is 11.0. The van der Waals surface area contributed by atoms with Crippen molar-refractivity contribution in [2.45, 2.75) is 6.04 Å². The third-order valence-corrected chi connectivity index (χ3v) is 1.56. The summed E-state index contributed by atoms with van der Waals surface area (Å²) in [6.45, 7) is 3.66. The van der Waals surface area contributed by atoms with E-state index in [1.54, 1.807) is 13.3 Å². The van der Waals surface area contributed by atoms with E-state index in [9.17, 15) is 4.79 Å². The number of carbonyl (C=O) groups excluding carboxylic acids is 1. The fourth-order valence-electron chi connectivity index (χ4n) is 0.958. The van der Waals surface area contributed by atoms with Crippen LogP contribution in [0.3, 0.4) is 0 Å². The molecule has 0 aromatic heterocycles. The number of hydrazone groups is 1. The van der Waals surface area contributed by atoms with E-state index in [0.717, 1.165) is 0 Å². The second kappa shape index (κ2) is 2.74. The maximum Gasteiger partial charge on any atom is 0.334 e. The molecular weight excluding hydrogens is 144 g/mol. The zero-order valence-corrected chi connectivity index (χ0v) is 6.57. The van der Waals surface area contributed by atoms with E-state index in [2.05, 4.69) is 16.4 Å². The number of hydrogen-bond acceptors (Lipinski definition) is 4. The van der Waals surface area contributed by atoms with Crippen molar-refractivity contribution in [1.29, 1.82) is 0 Å². The molecule has 0 aromatic rings. The molecule has 0 bridgehead atoms. The normalized spacial score (nSPS) is 22.5. The molecule has 1 atom stereocenters. The topological polar surface area (TPSA) is 41.9 Å². The Morgan fingerprint density at radius 2 is 2.55 bits per heavy atom. The Morgan fingerprint density at radius 3 is 2.91 bits per heavy atom. The molecule has 11 heavy (non-hydrogen) atoms. The van der Waals surface area contributed by atoms with Gasteiger partial charge in [0.05, 0.1) is 13.3 Å². The molecule has 0 saturated heterocycles. The number of esters is 1. The van der Waals surface area contributed by atoms with Crippen molar-refractivity contribution in [2.75, 3.05) is 14.2 Å². The largest absolute Gasteiger partial charge is 0.467 e. The van der Waals surface area contributed by atoms with Gasteiger partial charge in [0.15, 0.2) is 6.04 Å². The van der Waals surface area contributed by atoms with Crippen LogP contribution in [0.4, 0.5) is 0 Å². The van der Waals surface area contributed by atoms with Crippen LogP contribution in [0, 0.1) is 0 Å². The highest BCUT2D eigenvalue weighted by molar-refractivity contribution is 5.93. The molecule has 1 unspecified atom stereocenters. The van der Waals surface area contributed by atoms with E-state index in [-0.39, 0.29) is 5.97 Å². The fourth-order valence-corrected chi connectivity index (χ4v) is 0.958. The number of likely N-dealkylation sites (N-methyl/N-ethyl adjacent to an activating group) is 1. The Hall–Kier alpha value is -1.32. The van der Waals surface area contributed by atoms with Gasteiger partial charge in [0.2, 0.25) is 0 Å². The summed E-state index contributed by atoms with van der Waals surface area (Å²) in [6.07, 6.45) is 1.56. The predicted molar refractivity (Wildman–Crippen MR) is 41.2 cm³/mol. The summed E-state index contributed by atoms with van der Waals surface area (Å²) >= 11 is 0. The first kappa shape index (κ1) is 7.78. The molecule has 0 radical (unpaired) electrons. The highest BCUT2D eigenvalue weighted by atomic mass is 16.5. The van der Waals surface area contributed by atoms with Crippen LogP contribution < -0.4 is 0 Å². The smallest absolute Gasteiger partial charge is 0.334 e. The third-order valence-electron chi connectivity index (χ3n) is 1.56. The van der Waals surface area contributed by atoms with Crippen molar-refractivity contribution in [3.63, 3.8) is 0 Å². The lowest BCUT2D eigenvalue weighted by atomic mass is 10.1. The molecule has 1 aliphatic heterocycles. The van der Waals surface area contributed by atoms with Gasteiger partial charge in [0.1, 0.15) is 0 Å². The minimum atomic E-state index is -0.431. The summed E-state index contributed by atoms with van der Waals surface area (Å²) in [5.74, 6) is -0.324. The number of hydrogen-bond donors (Lipinski definition) is 0. The molecule has 4 heteroatoms. The second-order valence-electron chi connectivity index (χ2n) is 2.32. The van der Waals surface area contributed by atoms with Crippen molar-refractivity contribution >= 4 is 12.2 Å². The van der Waals surface area contributed by atoms with Gasteiger partial charge >= 0.3 is 5.97 Å². The van der Waals surface area contributed by atoms with Crippen LogP contribution in [0.15, 0.2) is 17.3 Å². The Labute approximate surface area is 65.1 Å². The van der Waals surface area contributed by atoms with Crippen LogP contribution in [0.1, 0.15) is 0 Å². The Bertz CT molecular complexity index is 222. The molecule has 4 nitrogen and oxygen atoms in total. The molecule has 1 rings (SSSR count). The van der Waals surface area contributed by atoms with Gasteiger partial charge < -0.3 is 4.74 Å². The van der Waals surface area contributed by atoms with Gasteiger partial charge in [0, 0.05) is 12.6 Å². The molecule has 0 aliphatic carbocycles. The minimum Gasteiger partial charge on any atom is -0.467 e. The van der Waals surface area contributed by atoms with E-state index >= 15 is 0 Å². The van der Waals surface area contributed by atoms with E-state index in [1.165, 1.54) is 12.1 Å².